The quantitative estimate of drug-likeness (QED) is 0.917. The molecule has 3 nitrogen and oxygen atoms in total. The summed E-state index contributed by atoms with van der Waals surface area (Å²) in [6, 6.07) is 5.02. The van der Waals surface area contributed by atoms with E-state index in [1.54, 1.807) is 6.26 Å². The Balaban J connectivity index is 1.57. The monoisotopic (exact) mass is 274 g/mol. The lowest BCUT2D eigenvalue weighted by Crippen LogP contribution is -2.56. The molecule has 4 bridgehead atoms. The van der Waals surface area contributed by atoms with Gasteiger partial charge in [-0.1, -0.05) is 0 Å². The molecule has 110 valence electrons. The highest BCUT2D eigenvalue weighted by molar-refractivity contribution is 5.09. The summed E-state index contributed by atoms with van der Waals surface area (Å²) in [5.41, 5.74) is 6.06. The molecule has 1 heterocycles. The van der Waals surface area contributed by atoms with E-state index in [0.29, 0.717) is 6.54 Å². The Labute approximate surface area is 121 Å². The minimum Gasteiger partial charge on any atom is -0.468 e. The molecule has 0 radical (unpaired) electrons. The van der Waals surface area contributed by atoms with Crippen molar-refractivity contribution in [2.75, 3.05) is 13.6 Å². The van der Waals surface area contributed by atoms with Gasteiger partial charge in [-0.2, -0.15) is 0 Å². The molecule has 1 aromatic rings. The second-order valence-electron chi connectivity index (χ2n) is 7.35. The molecular formula is C17H26N2O. The van der Waals surface area contributed by atoms with Gasteiger partial charge in [-0.25, -0.2) is 0 Å². The molecule has 1 atom stereocenters. The third-order valence-corrected chi connectivity index (χ3v) is 6.23. The Morgan fingerprint density at radius 1 is 1.20 bits per heavy atom. The van der Waals surface area contributed by atoms with Gasteiger partial charge >= 0.3 is 0 Å². The van der Waals surface area contributed by atoms with Gasteiger partial charge in [-0.15, -0.1) is 0 Å². The van der Waals surface area contributed by atoms with Crippen LogP contribution in [0.1, 0.15) is 43.9 Å². The van der Waals surface area contributed by atoms with Crippen LogP contribution in [0.15, 0.2) is 22.8 Å². The third kappa shape index (κ3) is 1.94. The van der Waals surface area contributed by atoms with Crippen LogP contribution in [0.2, 0.25) is 0 Å². The SMILES string of the molecule is CN(C(CN)c1ccco1)C1C2CC3CC(C2)CC1C3. The molecule has 0 aliphatic heterocycles. The van der Waals surface area contributed by atoms with Crippen molar-refractivity contribution in [1.29, 1.82) is 0 Å². The Bertz CT molecular complexity index is 428. The minimum atomic E-state index is 0.243. The van der Waals surface area contributed by atoms with Crippen molar-refractivity contribution in [1.82, 2.24) is 4.90 Å². The van der Waals surface area contributed by atoms with Gasteiger partial charge < -0.3 is 10.2 Å². The van der Waals surface area contributed by atoms with Gasteiger partial charge in [0.15, 0.2) is 0 Å². The van der Waals surface area contributed by atoms with E-state index in [1.807, 2.05) is 6.07 Å². The molecule has 0 spiro atoms. The van der Waals surface area contributed by atoms with E-state index in [2.05, 4.69) is 18.0 Å². The first-order valence-corrected chi connectivity index (χ1v) is 8.21. The Hall–Kier alpha value is -0.800. The first-order chi connectivity index (χ1) is 9.76. The van der Waals surface area contributed by atoms with Gasteiger partial charge in [0.1, 0.15) is 5.76 Å². The summed E-state index contributed by atoms with van der Waals surface area (Å²) in [7, 11) is 2.27. The zero-order valence-electron chi connectivity index (χ0n) is 12.4. The molecule has 0 aromatic carbocycles. The van der Waals surface area contributed by atoms with Gasteiger partial charge in [0.25, 0.3) is 0 Å². The van der Waals surface area contributed by atoms with Crippen LogP contribution in [-0.2, 0) is 0 Å². The van der Waals surface area contributed by atoms with Gasteiger partial charge in [-0.3, -0.25) is 4.90 Å². The average Bonchev–Trinajstić information content (AvgIpc) is 2.92. The van der Waals surface area contributed by atoms with E-state index < -0.39 is 0 Å². The second kappa shape index (κ2) is 4.88. The molecule has 0 saturated heterocycles. The standard InChI is InChI=1S/C17H26N2O/c1-19(15(10-18)16-3-2-4-20-16)17-13-6-11-5-12(8-13)9-14(17)7-11/h2-4,11-15,17H,5-10,18H2,1H3. The number of likely N-dealkylation sites (N-methyl/N-ethyl adjacent to an activating group) is 1. The normalized spacial score (nSPS) is 40.5. The maximum Gasteiger partial charge on any atom is 0.122 e. The molecule has 4 fully saturated rings. The molecule has 0 amide bonds. The summed E-state index contributed by atoms with van der Waals surface area (Å²) in [6.45, 7) is 0.646. The molecular weight excluding hydrogens is 248 g/mol. The number of hydrogen-bond acceptors (Lipinski definition) is 3. The molecule has 2 N–H and O–H groups in total. The fourth-order valence-corrected chi connectivity index (χ4v) is 5.73. The van der Waals surface area contributed by atoms with Crippen LogP contribution in [-0.4, -0.2) is 24.5 Å². The van der Waals surface area contributed by atoms with Crippen molar-refractivity contribution in [3.63, 3.8) is 0 Å². The third-order valence-electron chi connectivity index (χ3n) is 6.23. The van der Waals surface area contributed by atoms with Crippen LogP contribution in [0, 0.1) is 23.7 Å². The smallest absolute Gasteiger partial charge is 0.122 e. The Morgan fingerprint density at radius 3 is 2.35 bits per heavy atom. The minimum absolute atomic E-state index is 0.243. The summed E-state index contributed by atoms with van der Waals surface area (Å²) in [5, 5.41) is 0. The van der Waals surface area contributed by atoms with E-state index >= 15 is 0 Å². The lowest BCUT2D eigenvalue weighted by Gasteiger charge is -2.57. The molecule has 3 heteroatoms. The maximum atomic E-state index is 6.06. The highest BCUT2D eigenvalue weighted by atomic mass is 16.3. The zero-order chi connectivity index (χ0) is 13.7. The van der Waals surface area contributed by atoms with Crippen LogP contribution in [0.4, 0.5) is 0 Å². The summed E-state index contributed by atoms with van der Waals surface area (Å²) < 4.78 is 5.63. The Morgan fingerprint density at radius 2 is 1.85 bits per heavy atom. The van der Waals surface area contributed by atoms with E-state index in [0.717, 1.165) is 35.5 Å². The molecule has 4 aliphatic rings. The predicted octanol–water partition coefficient (Wildman–Crippen LogP) is 3.04. The van der Waals surface area contributed by atoms with E-state index in [-0.39, 0.29) is 6.04 Å². The number of rotatable bonds is 4. The second-order valence-corrected chi connectivity index (χ2v) is 7.35. The largest absolute Gasteiger partial charge is 0.468 e. The summed E-state index contributed by atoms with van der Waals surface area (Å²) in [6.07, 6.45) is 9.11. The molecule has 20 heavy (non-hydrogen) atoms. The number of hydrogen-bond donors (Lipinski definition) is 1. The Kier molecular flexibility index (Phi) is 3.15. The number of furan rings is 1. The van der Waals surface area contributed by atoms with Gasteiger partial charge in [0, 0.05) is 12.6 Å². The fourth-order valence-electron chi connectivity index (χ4n) is 5.73. The lowest BCUT2D eigenvalue weighted by atomic mass is 9.54. The molecule has 4 aliphatic carbocycles. The summed E-state index contributed by atoms with van der Waals surface area (Å²) >= 11 is 0. The van der Waals surface area contributed by atoms with Crippen LogP contribution in [0.5, 0.6) is 0 Å². The summed E-state index contributed by atoms with van der Waals surface area (Å²) in [4.78, 5) is 2.55. The van der Waals surface area contributed by atoms with Crippen LogP contribution in [0.25, 0.3) is 0 Å². The number of nitrogens with two attached hydrogens (primary N) is 1. The van der Waals surface area contributed by atoms with E-state index in [1.165, 1.54) is 32.1 Å². The first-order valence-electron chi connectivity index (χ1n) is 8.21. The van der Waals surface area contributed by atoms with Gasteiger partial charge in [0.2, 0.25) is 0 Å². The van der Waals surface area contributed by atoms with Crippen LogP contribution >= 0.6 is 0 Å². The predicted molar refractivity (Wildman–Crippen MR) is 79.1 cm³/mol. The topological polar surface area (TPSA) is 42.4 Å². The first kappa shape index (κ1) is 12.9. The van der Waals surface area contributed by atoms with Crippen molar-refractivity contribution in [3.8, 4) is 0 Å². The van der Waals surface area contributed by atoms with E-state index in [9.17, 15) is 0 Å². The number of nitrogens with zero attached hydrogens (tertiary/aromatic N) is 1. The zero-order valence-corrected chi connectivity index (χ0v) is 12.4. The van der Waals surface area contributed by atoms with Crippen molar-refractivity contribution >= 4 is 0 Å². The van der Waals surface area contributed by atoms with Crippen LogP contribution < -0.4 is 5.73 Å². The molecule has 5 rings (SSSR count). The van der Waals surface area contributed by atoms with E-state index in [4.69, 9.17) is 10.2 Å². The highest BCUT2D eigenvalue weighted by Crippen LogP contribution is 2.55. The molecule has 4 saturated carbocycles. The van der Waals surface area contributed by atoms with Crippen LogP contribution in [0.3, 0.4) is 0 Å². The van der Waals surface area contributed by atoms with Gasteiger partial charge in [0.05, 0.1) is 12.3 Å². The maximum absolute atomic E-state index is 6.06. The highest BCUT2D eigenvalue weighted by Gasteiger charge is 2.50. The van der Waals surface area contributed by atoms with Crippen molar-refractivity contribution in [3.05, 3.63) is 24.2 Å². The van der Waals surface area contributed by atoms with Crippen molar-refractivity contribution in [2.24, 2.45) is 29.4 Å². The molecule has 1 aromatic heterocycles. The lowest BCUT2D eigenvalue weighted by molar-refractivity contribution is -0.0710. The molecule has 1 unspecified atom stereocenters. The van der Waals surface area contributed by atoms with Gasteiger partial charge in [-0.05, 0) is 75.0 Å². The van der Waals surface area contributed by atoms with Crippen molar-refractivity contribution in [2.45, 2.75) is 44.2 Å². The summed E-state index contributed by atoms with van der Waals surface area (Å²) in [5.74, 6) is 4.90. The average molecular weight is 274 g/mol. The van der Waals surface area contributed by atoms with Crippen molar-refractivity contribution < 1.29 is 4.42 Å². The fraction of sp³-hybridized carbons (Fsp3) is 0.765.